The lowest BCUT2D eigenvalue weighted by Crippen LogP contribution is -2.13. The molecule has 5 heteroatoms. The van der Waals surface area contributed by atoms with E-state index in [-0.39, 0.29) is 11.2 Å². The van der Waals surface area contributed by atoms with Crippen LogP contribution >= 0.6 is 0 Å². The predicted octanol–water partition coefficient (Wildman–Crippen LogP) is 4.51. The van der Waals surface area contributed by atoms with E-state index in [9.17, 15) is 4.39 Å². The summed E-state index contributed by atoms with van der Waals surface area (Å²) in [7, 11) is 0. The highest BCUT2D eigenvalue weighted by Crippen LogP contribution is 2.29. The number of para-hydroxylation sites is 1. The van der Waals surface area contributed by atoms with Gasteiger partial charge < -0.3 is 11.1 Å². The Morgan fingerprint density at radius 1 is 1.08 bits per heavy atom. The lowest BCUT2D eigenvalue weighted by molar-refractivity contribution is 0.560. The van der Waals surface area contributed by atoms with Crippen LogP contribution in [0.1, 0.15) is 32.0 Å². The van der Waals surface area contributed by atoms with Crippen molar-refractivity contribution in [3.63, 3.8) is 0 Å². The molecule has 0 radical (unpaired) electrons. The summed E-state index contributed by atoms with van der Waals surface area (Å²) in [5.74, 6) is 0.492. The van der Waals surface area contributed by atoms with E-state index in [4.69, 9.17) is 10.8 Å². The van der Waals surface area contributed by atoms with Gasteiger partial charge in [-0.05, 0) is 29.8 Å². The summed E-state index contributed by atoms with van der Waals surface area (Å²) in [5.41, 5.74) is 9.31. The van der Waals surface area contributed by atoms with E-state index >= 15 is 0 Å². The fourth-order valence-electron chi connectivity index (χ4n) is 2.62. The van der Waals surface area contributed by atoms with E-state index in [0.29, 0.717) is 12.2 Å². The van der Waals surface area contributed by atoms with Crippen LogP contribution in [0, 0.1) is 5.82 Å². The number of rotatable bonds is 4. The lowest BCUT2D eigenvalue weighted by Gasteiger charge is -2.14. The zero-order valence-corrected chi connectivity index (χ0v) is 14.8. The molecule has 3 N–H and O–H groups in total. The summed E-state index contributed by atoms with van der Waals surface area (Å²) in [6.45, 7) is 6.75. The molecular weight excluding hydrogens is 315 g/mol. The Labute approximate surface area is 147 Å². The molecule has 1 aromatic heterocycles. The van der Waals surface area contributed by atoms with Crippen molar-refractivity contribution in [3.05, 3.63) is 71.7 Å². The molecular formula is C20H23FN4. The van der Waals surface area contributed by atoms with Crippen LogP contribution in [0.4, 0.5) is 15.9 Å². The van der Waals surface area contributed by atoms with Crippen molar-refractivity contribution in [2.45, 2.75) is 32.7 Å². The molecule has 3 aromatic rings. The number of aromatic nitrogens is 2. The number of hydrogen-bond acceptors (Lipinski definition) is 3. The van der Waals surface area contributed by atoms with Crippen LogP contribution < -0.4 is 11.1 Å². The second-order valence-electron chi connectivity index (χ2n) is 7.04. The molecule has 0 spiro atoms. The van der Waals surface area contributed by atoms with Crippen molar-refractivity contribution in [2.75, 3.05) is 5.32 Å². The van der Waals surface area contributed by atoms with E-state index in [1.54, 1.807) is 6.07 Å². The summed E-state index contributed by atoms with van der Waals surface area (Å²) in [5, 5.41) is 8.06. The number of anilines is 2. The minimum absolute atomic E-state index is 0.110. The maximum absolute atomic E-state index is 13.5. The van der Waals surface area contributed by atoms with Gasteiger partial charge in [0.2, 0.25) is 0 Å². The van der Waals surface area contributed by atoms with Crippen molar-refractivity contribution in [1.82, 2.24) is 9.78 Å². The van der Waals surface area contributed by atoms with Crippen LogP contribution in [0.2, 0.25) is 0 Å². The Kier molecular flexibility index (Phi) is 4.59. The van der Waals surface area contributed by atoms with Gasteiger partial charge in [-0.25, -0.2) is 9.07 Å². The molecule has 0 amide bonds. The minimum Gasteiger partial charge on any atom is -0.340 e. The molecule has 25 heavy (non-hydrogen) atoms. The van der Waals surface area contributed by atoms with Gasteiger partial charge in [-0.15, -0.1) is 0 Å². The average Bonchev–Trinajstić information content (AvgIpc) is 2.99. The minimum atomic E-state index is -0.283. The zero-order chi connectivity index (χ0) is 18.0. The highest BCUT2D eigenvalue weighted by Gasteiger charge is 2.21. The SMILES string of the molecule is CC(C)(C)c1cc(Nc2cccc(F)c2)n(-c2ccccc2CN)n1. The number of halogens is 1. The highest BCUT2D eigenvalue weighted by molar-refractivity contribution is 5.60. The average molecular weight is 338 g/mol. The molecule has 0 saturated heterocycles. The van der Waals surface area contributed by atoms with Gasteiger partial charge in [-0.1, -0.05) is 45.0 Å². The number of benzene rings is 2. The number of nitrogens with one attached hydrogen (secondary N) is 1. The summed E-state index contributed by atoms with van der Waals surface area (Å²) in [6, 6.07) is 16.3. The molecule has 0 aliphatic heterocycles. The quantitative estimate of drug-likeness (QED) is 0.736. The first-order valence-corrected chi connectivity index (χ1v) is 8.30. The van der Waals surface area contributed by atoms with Gasteiger partial charge in [0.05, 0.1) is 11.4 Å². The predicted molar refractivity (Wildman–Crippen MR) is 99.8 cm³/mol. The maximum atomic E-state index is 13.5. The van der Waals surface area contributed by atoms with Crippen LogP contribution in [0.5, 0.6) is 0 Å². The molecule has 3 rings (SSSR count). The van der Waals surface area contributed by atoms with E-state index < -0.39 is 0 Å². The molecule has 0 aliphatic carbocycles. The second-order valence-corrected chi connectivity index (χ2v) is 7.04. The first kappa shape index (κ1) is 17.2. The van der Waals surface area contributed by atoms with Crippen LogP contribution in [0.3, 0.4) is 0 Å². The second kappa shape index (κ2) is 6.69. The van der Waals surface area contributed by atoms with Crippen molar-refractivity contribution >= 4 is 11.5 Å². The van der Waals surface area contributed by atoms with Crippen molar-refractivity contribution < 1.29 is 4.39 Å². The Balaban J connectivity index is 2.11. The third-order valence-electron chi connectivity index (χ3n) is 4.01. The van der Waals surface area contributed by atoms with Crippen molar-refractivity contribution in [3.8, 4) is 5.69 Å². The largest absolute Gasteiger partial charge is 0.340 e. The molecule has 0 aliphatic rings. The van der Waals surface area contributed by atoms with Gasteiger partial charge in [0, 0.05) is 23.7 Å². The smallest absolute Gasteiger partial charge is 0.134 e. The highest BCUT2D eigenvalue weighted by atomic mass is 19.1. The van der Waals surface area contributed by atoms with Crippen molar-refractivity contribution in [2.24, 2.45) is 5.73 Å². The fourth-order valence-corrected chi connectivity index (χ4v) is 2.62. The zero-order valence-electron chi connectivity index (χ0n) is 14.8. The van der Waals surface area contributed by atoms with Gasteiger partial charge in [0.15, 0.2) is 0 Å². The topological polar surface area (TPSA) is 55.9 Å². The maximum Gasteiger partial charge on any atom is 0.134 e. The molecule has 130 valence electrons. The summed E-state index contributed by atoms with van der Waals surface area (Å²) >= 11 is 0. The summed E-state index contributed by atoms with van der Waals surface area (Å²) < 4.78 is 15.4. The molecule has 0 bridgehead atoms. The van der Waals surface area contributed by atoms with Crippen molar-refractivity contribution in [1.29, 1.82) is 0 Å². The van der Waals surface area contributed by atoms with Crippen LogP contribution in [-0.4, -0.2) is 9.78 Å². The fraction of sp³-hybridized carbons (Fsp3) is 0.250. The summed E-state index contributed by atoms with van der Waals surface area (Å²) in [4.78, 5) is 0. The normalized spacial score (nSPS) is 11.6. The first-order chi connectivity index (χ1) is 11.9. The van der Waals surface area contributed by atoms with Gasteiger partial charge in [-0.3, -0.25) is 0 Å². The first-order valence-electron chi connectivity index (χ1n) is 8.30. The number of hydrogen-bond donors (Lipinski definition) is 2. The Morgan fingerprint density at radius 2 is 1.84 bits per heavy atom. The number of nitrogens with zero attached hydrogens (tertiary/aromatic N) is 2. The van der Waals surface area contributed by atoms with Crippen LogP contribution in [-0.2, 0) is 12.0 Å². The van der Waals surface area contributed by atoms with Gasteiger partial charge in [0.25, 0.3) is 0 Å². The van der Waals surface area contributed by atoms with Gasteiger partial charge in [0.1, 0.15) is 11.6 Å². The van der Waals surface area contributed by atoms with Gasteiger partial charge in [-0.2, -0.15) is 5.10 Å². The van der Waals surface area contributed by atoms with Crippen LogP contribution in [0.25, 0.3) is 5.69 Å². The van der Waals surface area contributed by atoms with Crippen LogP contribution in [0.15, 0.2) is 54.6 Å². The molecule has 0 atom stereocenters. The lowest BCUT2D eigenvalue weighted by atomic mass is 9.92. The third kappa shape index (κ3) is 3.72. The molecule has 0 saturated carbocycles. The standard InChI is InChI=1S/C20H23FN4/c1-20(2,3)18-12-19(23-16-9-6-8-15(21)11-16)25(24-18)17-10-5-4-7-14(17)13-22/h4-12,23H,13,22H2,1-3H3. The van der Waals surface area contributed by atoms with E-state index in [2.05, 4.69) is 26.1 Å². The molecule has 4 nitrogen and oxygen atoms in total. The molecule has 1 heterocycles. The van der Waals surface area contributed by atoms with E-state index in [0.717, 1.165) is 22.8 Å². The van der Waals surface area contributed by atoms with E-state index in [1.807, 2.05) is 41.1 Å². The molecule has 2 aromatic carbocycles. The van der Waals surface area contributed by atoms with Gasteiger partial charge >= 0.3 is 0 Å². The Bertz CT molecular complexity index is 877. The van der Waals surface area contributed by atoms with E-state index in [1.165, 1.54) is 12.1 Å². The molecule has 0 fully saturated rings. The summed E-state index contributed by atoms with van der Waals surface area (Å²) in [6.07, 6.45) is 0. The molecule has 0 unspecified atom stereocenters. The Hall–Kier alpha value is -2.66. The number of nitrogens with two attached hydrogens (primary N) is 1. The monoisotopic (exact) mass is 338 g/mol. The third-order valence-corrected chi connectivity index (χ3v) is 4.01. The Morgan fingerprint density at radius 3 is 2.52 bits per heavy atom.